The topological polar surface area (TPSA) is 110 Å². The molecular weight excluding hydrogens is 439 g/mol. The van der Waals surface area contributed by atoms with Gasteiger partial charge in [-0.15, -0.1) is 0 Å². The third-order valence-corrected chi connectivity index (χ3v) is 4.17. The van der Waals surface area contributed by atoms with E-state index in [0.717, 1.165) is 3.57 Å². The SMILES string of the molecule is O=C(O)c1cc(-n2ccnc2)c([N+](=O)[O-])cc1Nc1ccc(I)cc1. The van der Waals surface area contributed by atoms with Crippen molar-refractivity contribution in [2.45, 2.75) is 0 Å². The van der Waals surface area contributed by atoms with Crippen LogP contribution in [0.25, 0.3) is 5.69 Å². The van der Waals surface area contributed by atoms with E-state index in [0.29, 0.717) is 5.69 Å². The van der Waals surface area contributed by atoms with E-state index >= 15 is 0 Å². The summed E-state index contributed by atoms with van der Waals surface area (Å²) in [6, 6.07) is 9.70. The van der Waals surface area contributed by atoms with Gasteiger partial charge in [-0.1, -0.05) is 0 Å². The Hall–Kier alpha value is -2.95. The number of hydrogen-bond donors (Lipinski definition) is 2. The minimum Gasteiger partial charge on any atom is -0.478 e. The normalized spacial score (nSPS) is 10.4. The Bertz CT molecular complexity index is 940. The molecule has 0 fully saturated rings. The summed E-state index contributed by atoms with van der Waals surface area (Å²) in [5.74, 6) is -1.19. The first-order valence-corrected chi connectivity index (χ1v) is 8.10. The number of rotatable bonds is 5. The summed E-state index contributed by atoms with van der Waals surface area (Å²) in [7, 11) is 0. The second-order valence-electron chi connectivity index (χ2n) is 5.05. The van der Waals surface area contributed by atoms with Crippen molar-refractivity contribution in [1.29, 1.82) is 0 Å². The number of halogens is 1. The van der Waals surface area contributed by atoms with Crippen LogP contribution in [0.4, 0.5) is 17.1 Å². The van der Waals surface area contributed by atoms with Gasteiger partial charge >= 0.3 is 5.97 Å². The van der Waals surface area contributed by atoms with Gasteiger partial charge in [0.15, 0.2) is 0 Å². The molecule has 3 aromatic rings. The van der Waals surface area contributed by atoms with E-state index in [1.54, 1.807) is 12.1 Å². The van der Waals surface area contributed by atoms with E-state index in [1.807, 2.05) is 12.1 Å². The Morgan fingerprint density at radius 3 is 2.56 bits per heavy atom. The van der Waals surface area contributed by atoms with Crippen molar-refractivity contribution in [2.75, 3.05) is 5.32 Å². The number of carboxylic acid groups (broad SMARTS) is 1. The zero-order valence-electron chi connectivity index (χ0n) is 12.6. The van der Waals surface area contributed by atoms with Crippen molar-refractivity contribution in [3.63, 3.8) is 0 Å². The van der Waals surface area contributed by atoms with Crippen LogP contribution in [-0.4, -0.2) is 25.6 Å². The number of imidazole rings is 1. The van der Waals surface area contributed by atoms with Gasteiger partial charge in [0.05, 0.1) is 22.5 Å². The zero-order valence-corrected chi connectivity index (χ0v) is 14.7. The highest BCUT2D eigenvalue weighted by Crippen LogP contribution is 2.32. The van der Waals surface area contributed by atoms with Gasteiger partial charge in [-0.05, 0) is 52.9 Å². The van der Waals surface area contributed by atoms with Gasteiger partial charge in [0, 0.05) is 27.7 Å². The molecule has 0 unspecified atom stereocenters. The van der Waals surface area contributed by atoms with Crippen molar-refractivity contribution in [3.05, 3.63) is 74.4 Å². The highest BCUT2D eigenvalue weighted by molar-refractivity contribution is 14.1. The number of nitrogens with one attached hydrogen (secondary N) is 1. The maximum Gasteiger partial charge on any atom is 0.337 e. The van der Waals surface area contributed by atoms with Crippen LogP contribution in [0.5, 0.6) is 0 Å². The van der Waals surface area contributed by atoms with Crippen LogP contribution in [-0.2, 0) is 0 Å². The lowest BCUT2D eigenvalue weighted by Gasteiger charge is -2.12. The molecular formula is C16H11IN4O4. The van der Waals surface area contributed by atoms with E-state index in [4.69, 9.17) is 0 Å². The maximum atomic E-state index is 11.6. The fourth-order valence-electron chi connectivity index (χ4n) is 2.30. The number of hydrogen-bond acceptors (Lipinski definition) is 5. The number of aromatic carboxylic acids is 1. The zero-order chi connectivity index (χ0) is 18.0. The van der Waals surface area contributed by atoms with Crippen LogP contribution >= 0.6 is 22.6 Å². The van der Waals surface area contributed by atoms with Gasteiger partial charge in [-0.25, -0.2) is 9.78 Å². The fourth-order valence-corrected chi connectivity index (χ4v) is 2.66. The van der Waals surface area contributed by atoms with Crippen LogP contribution in [0.3, 0.4) is 0 Å². The molecule has 0 bridgehead atoms. The summed E-state index contributed by atoms with van der Waals surface area (Å²) < 4.78 is 2.42. The lowest BCUT2D eigenvalue weighted by molar-refractivity contribution is -0.384. The van der Waals surface area contributed by atoms with Gasteiger partial charge in [0.2, 0.25) is 0 Å². The summed E-state index contributed by atoms with van der Waals surface area (Å²) in [4.78, 5) is 26.4. The van der Waals surface area contributed by atoms with E-state index in [1.165, 1.54) is 35.4 Å². The number of anilines is 2. The van der Waals surface area contributed by atoms with Crippen LogP contribution in [0.1, 0.15) is 10.4 Å². The van der Waals surface area contributed by atoms with E-state index in [-0.39, 0.29) is 22.6 Å². The molecule has 126 valence electrons. The smallest absolute Gasteiger partial charge is 0.337 e. The summed E-state index contributed by atoms with van der Waals surface area (Å²) in [6.07, 6.45) is 4.35. The molecule has 0 amide bonds. The van der Waals surface area contributed by atoms with Crippen LogP contribution in [0.15, 0.2) is 55.1 Å². The predicted octanol–water partition coefficient (Wildman–Crippen LogP) is 3.83. The second-order valence-corrected chi connectivity index (χ2v) is 6.30. The number of aromatic nitrogens is 2. The molecule has 2 N–H and O–H groups in total. The Balaban J connectivity index is 2.14. The van der Waals surface area contributed by atoms with Crippen molar-refractivity contribution in [1.82, 2.24) is 9.55 Å². The number of carboxylic acids is 1. The molecule has 0 radical (unpaired) electrons. The highest BCUT2D eigenvalue weighted by Gasteiger charge is 2.22. The molecule has 25 heavy (non-hydrogen) atoms. The van der Waals surface area contributed by atoms with Crippen molar-refractivity contribution in [2.24, 2.45) is 0 Å². The molecule has 2 aromatic carbocycles. The van der Waals surface area contributed by atoms with Crippen molar-refractivity contribution >= 4 is 45.6 Å². The van der Waals surface area contributed by atoms with E-state index < -0.39 is 10.9 Å². The van der Waals surface area contributed by atoms with Crippen LogP contribution in [0, 0.1) is 13.7 Å². The first-order valence-electron chi connectivity index (χ1n) is 7.02. The predicted molar refractivity (Wildman–Crippen MR) is 99.6 cm³/mol. The van der Waals surface area contributed by atoms with Crippen LogP contribution < -0.4 is 5.32 Å². The molecule has 9 heteroatoms. The molecule has 1 heterocycles. The summed E-state index contributed by atoms with van der Waals surface area (Å²) >= 11 is 2.15. The van der Waals surface area contributed by atoms with Gasteiger partial charge < -0.3 is 15.0 Å². The Kier molecular flexibility index (Phi) is 4.65. The summed E-state index contributed by atoms with van der Waals surface area (Å²) in [5.41, 5.74) is 0.605. The maximum absolute atomic E-state index is 11.6. The van der Waals surface area contributed by atoms with E-state index in [2.05, 4.69) is 32.9 Å². The minimum atomic E-state index is -1.19. The number of carbonyl (C=O) groups is 1. The Morgan fingerprint density at radius 2 is 2.00 bits per heavy atom. The standard InChI is InChI=1S/C16H11IN4O4/c17-10-1-3-11(4-2-10)19-13-8-15(21(24)25)14(7-12(13)16(22)23)20-6-5-18-9-20/h1-9,19H,(H,22,23). The number of nitrogens with zero attached hydrogens (tertiary/aromatic N) is 3. The number of nitro groups is 1. The average molecular weight is 450 g/mol. The monoisotopic (exact) mass is 450 g/mol. The average Bonchev–Trinajstić information content (AvgIpc) is 3.10. The number of benzene rings is 2. The summed E-state index contributed by atoms with van der Waals surface area (Å²) in [5, 5.41) is 23.9. The molecule has 0 aliphatic heterocycles. The first kappa shape index (κ1) is 16.9. The van der Waals surface area contributed by atoms with Gasteiger partial charge in [-0.2, -0.15) is 0 Å². The van der Waals surface area contributed by atoms with Gasteiger partial charge in [0.1, 0.15) is 5.69 Å². The molecule has 0 saturated carbocycles. The molecule has 0 aliphatic rings. The number of nitro benzene ring substituents is 1. The molecule has 1 aromatic heterocycles. The Labute approximate surface area is 155 Å². The molecule has 0 aliphatic carbocycles. The van der Waals surface area contributed by atoms with Crippen LogP contribution in [0.2, 0.25) is 0 Å². The third kappa shape index (κ3) is 3.60. The van der Waals surface area contributed by atoms with E-state index in [9.17, 15) is 20.0 Å². The fraction of sp³-hybridized carbons (Fsp3) is 0. The second kappa shape index (κ2) is 6.89. The molecule has 0 saturated heterocycles. The van der Waals surface area contributed by atoms with Crippen molar-refractivity contribution < 1.29 is 14.8 Å². The lowest BCUT2D eigenvalue weighted by atomic mass is 10.1. The van der Waals surface area contributed by atoms with Gasteiger partial charge in [0.25, 0.3) is 5.69 Å². The third-order valence-electron chi connectivity index (χ3n) is 3.45. The Morgan fingerprint density at radius 1 is 1.28 bits per heavy atom. The lowest BCUT2D eigenvalue weighted by Crippen LogP contribution is -2.07. The largest absolute Gasteiger partial charge is 0.478 e. The quantitative estimate of drug-likeness (QED) is 0.348. The van der Waals surface area contributed by atoms with Crippen molar-refractivity contribution in [3.8, 4) is 5.69 Å². The molecule has 8 nitrogen and oxygen atoms in total. The molecule has 0 spiro atoms. The minimum absolute atomic E-state index is 0.0761. The molecule has 0 atom stereocenters. The first-order chi connectivity index (χ1) is 12.0. The van der Waals surface area contributed by atoms with Gasteiger partial charge in [-0.3, -0.25) is 10.1 Å². The highest BCUT2D eigenvalue weighted by atomic mass is 127. The summed E-state index contributed by atoms with van der Waals surface area (Å²) in [6.45, 7) is 0. The molecule has 3 rings (SSSR count).